The van der Waals surface area contributed by atoms with Crippen LogP contribution in [0.2, 0.25) is 16.6 Å². The van der Waals surface area contributed by atoms with Crippen LogP contribution in [0.4, 0.5) is 5.69 Å². The van der Waals surface area contributed by atoms with E-state index in [2.05, 4.69) is 99.7 Å². The third-order valence-corrected chi connectivity index (χ3v) is 16.2. The number of rotatable bonds is 7. The van der Waals surface area contributed by atoms with Crippen LogP contribution in [0.5, 0.6) is 0 Å². The summed E-state index contributed by atoms with van der Waals surface area (Å²) in [4.78, 5) is 59.9. The molecule has 1 amide bonds. The number of nitrogens with two attached hydrogens (primary N) is 2. The van der Waals surface area contributed by atoms with E-state index in [9.17, 15) is 9.59 Å². The Hall–Kier alpha value is -6.22. The predicted octanol–water partition coefficient (Wildman–Crippen LogP) is 7.09. The molecule has 0 aliphatic carbocycles. The minimum absolute atomic E-state index is 0. The number of amides is 1. The molecule has 14 nitrogen and oxygen atoms in total. The number of hydrogen-bond donors (Lipinski definition) is 4. The molecule has 0 aliphatic heterocycles. The van der Waals surface area contributed by atoms with E-state index in [1.807, 2.05) is 30.6 Å². The second kappa shape index (κ2) is 17.1. The zero-order chi connectivity index (χ0) is 38.4. The molecule has 0 atom stereocenters. The Kier molecular flexibility index (Phi) is 12.8. The molecule has 0 radical (unpaired) electrons. The number of methoxy groups -OCH3 is 1. The lowest BCUT2D eigenvalue weighted by molar-refractivity contribution is -0.106. The van der Waals surface area contributed by atoms with Crippen molar-refractivity contribution in [3.8, 4) is 22.5 Å². The monoisotopic (exact) mass is 748 g/mol. The van der Waals surface area contributed by atoms with Gasteiger partial charge in [-0.05, 0) is 71.4 Å². The highest BCUT2D eigenvalue weighted by atomic mass is 28.3. The molecule has 0 spiro atoms. The maximum atomic E-state index is 12.0. The molecule has 0 aliphatic rings. The molecular formula is C39H48N10O4Si. The number of H-pyrrole nitrogens is 2. The lowest BCUT2D eigenvalue weighted by Crippen LogP contribution is -2.51. The highest BCUT2D eigenvalue weighted by molar-refractivity contribution is 6.82. The van der Waals surface area contributed by atoms with Crippen LogP contribution in [0.3, 0.4) is 0 Å². The molecule has 54 heavy (non-hydrogen) atoms. The highest BCUT2D eigenvalue weighted by Crippen LogP contribution is 2.44. The number of aromatic amines is 2. The Balaban J connectivity index is 0.000000234. The number of esters is 1. The normalized spacial score (nSPS) is 11.2. The topological polar surface area (TPSA) is 213 Å². The standard InChI is InChI=1S/C23H32N4O2Si.C14H9N5O.CH3NO.CH4/c1-14(2)30(15(3)4,16(5)6)27-11-10-17-12-18(13-25-22(17)27)20-9-8-19(24)21(26-20)23(28)29-7;20-14-12-11(17-7-18-14)2-1-10(19-12)9-5-8-3-4-15-13(8)16-6-9;2-1-3;/h8-16H,24H2,1-7H3;1-7H,(H,15,16)(H,17,18,20);1H,(H2,2,3);1H4. The smallest absolute Gasteiger partial charge is 0.358 e. The van der Waals surface area contributed by atoms with Crippen LogP contribution in [0.25, 0.3) is 55.6 Å². The first kappa shape index (κ1) is 40.5. The Morgan fingerprint density at radius 1 is 0.852 bits per heavy atom. The fourth-order valence-corrected chi connectivity index (χ4v) is 13.9. The first-order chi connectivity index (χ1) is 25.4. The van der Waals surface area contributed by atoms with Gasteiger partial charge >= 0.3 is 5.97 Å². The summed E-state index contributed by atoms with van der Waals surface area (Å²) in [5.41, 5.74) is 17.8. The van der Waals surface area contributed by atoms with Gasteiger partial charge in [0.05, 0.1) is 36.0 Å². The van der Waals surface area contributed by atoms with Gasteiger partial charge in [-0.15, -0.1) is 0 Å². The number of primary amides is 1. The minimum Gasteiger partial charge on any atom is -0.464 e. The van der Waals surface area contributed by atoms with E-state index in [-0.39, 0.29) is 25.1 Å². The van der Waals surface area contributed by atoms with E-state index in [1.54, 1.807) is 24.4 Å². The summed E-state index contributed by atoms with van der Waals surface area (Å²) in [6.45, 7) is 14.1. The fourth-order valence-electron chi connectivity index (χ4n) is 7.39. The number of hydrogen-bond acceptors (Lipinski definition) is 10. The summed E-state index contributed by atoms with van der Waals surface area (Å²) in [7, 11) is -0.568. The molecule has 0 bridgehead atoms. The number of carbonyl (C=O) groups is 2. The first-order valence-electron chi connectivity index (χ1n) is 17.1. The Morgan fingerprint density at radius 2 is 1.46 bits per heavy atom. The summed E-state index contributed by atoms with van der Waals surface area (Å²) < 4.78 is 7.28. The molecule has 0 fully saturated rings. The van der Waals surface area contributed by atoms with Gasteiger partial charge in [-0.3, -0.25) is 9.59 Å². The van der Waals surface area contributed by atoms with Crippen LogP contribution >= 0.6 is 0 Å². The average molecular weight is 749 g/mol. The largest absolute Gasteiger partial charge is 0.464 e. The van der Waals surface area contributed by atoms with Crippen LogP contribution in [0, 0.1) is 0 Å². The SMILES string of the molecule is C.COC(=O)c1nc(-c2cnc3c(ccn3[Si](C(C)C)(C(C)C)C(C)C)c2)ccc1N.NC=O.O=c1[nH]cnc2ccc(-c3cnc4[nH]ccc4c3)nc12. The van der Waals surface area contributed by atoms with Crippen LogP contribution in [0.15, 0.2) is 84.4 Å². The number of ether oxygens (including phenoxy) is 1. The summed E-state index contributed by atoms with van der Waals surface area (Å²) in [5.74, 6) is -0.545. The highest BCUT2D eigenvalue weighted by Gasteiger charge is 2.46. The Labute approximate surface area is 314 Å². The van der Waals surface area contributed by atoms with E-state index in [4.69, 9.17) is 20.2 Å². The number of aromatic nitrogens is 8. The third kappa shape index (κ3) is 7.76. The number of nitrogens with one attached hydrogen (secondary N) is 2. The summed E-state index contributed by atoms with van der Waals surface area (Å²) in [6.07, 6.45) is 9.24. The Morgan fingerprint density at radius 3 is 2.11 bits per heavy atom. The molecule has 282 valence electrons. The van der Waals surface area contributed by atoms with Gasteiger partial charge < -0.3 is 30.4 Å². The van der Waals surface area contributed by atoms with Crippen molar-refractivity contribution in [2.24, 2.45) is 5.73 Å². The summed E-state index contributed by atoms with van der Waals surface area (Å²) >= 11 is 0. The van der Waals surface area contributed by atoms with E-state index in [1.165, 1.54) is 13.4 Å². The fraction of sp³-hybridized carbons (Fsp3) is 0.282. The quantitative estimate of drug-likeness (QED) is 0.0738. The molecule has 7 heterocycles. The number of nitrogens with zero attached hydrogens (tertiary/aromatic N) is 6. The number of nitrogen functional groups attached to an aromatic ring is 1. The van der Waals surface area contributed by atoms with Crippen molar-refractivity contribution in [2.45, 2.75) is 65.6 Å². The van der Waals surface area contributed by atoms with Crippen molar-refractivity contribution in [3.05, 3.63) is 95.7 Å². The van der Waals surface area contributed by atoms with Crippen LogP contribution in [0.1, 0.15) is 59.5 Å². The second-order valence-electron chi connectivity index (χ2n) is 13.4. The zero-order valence-corrected chi connectivity index (χ0v) is 31.8. The van der Waals surface area contributed by atoms with Crippen LogP contribution < -0.4 is 17.0 Å². The Bertz CT molecular complexity index is 2430. The van der Waals surface area contributed by atoms with E-state index < -0.39 is 14.2 Å². The van der Waals surface area contributed by atoms with Gasteiger partial charge in [0.1, 0.15) is 11.3 Å². The number of carbonyl (C=O) groups excluding carboxylic acids is 2. The van der Waals surface area contributed by atoms with Crippen molar-refractivity contribution in [1.82, 2.24) is 39.1 Å². The van der Waals surface area contributed by atoms with Crippen molar-refractivity contribution in [1.29, 1.82) is 0 Å². The van der Waals surface area contributed by atoms with Crippen molar-refractivity contribution in [2.75, 3.05) is 12.8 Å². The van der Waals surface area contributed by atoms with Gasteiger partial charge in [0.25, 0.3) is 5.56 Å². The zero-order valence-electron chi connectivity index (χ0n) is 30.8. The number of anilines is 1. The van der Waals surface area contributed by atoms with Gasteiger partial charge in [-0.1, -0.05) is 49.0 Å². The van der Waals surface area contributed by atoms with Gasteiger partial charge in [-0.2, -0.15) is 0 Å². The molecule has 0 unspecified atom stereocenters. The van der Waals surface area contributed by atoms with Crippen molar-refractivity contribution < 1.29 is 14.3 Å². The number of pyridine rings is 4. The molecule has 7 aromatic rings. The lowest BCUT2D eigenvalue weighted by atomic mass is 10.1. The second-order valence-corrected chi connectivity index (χ2v) is 19.1. The van der Waals surface area contributed by atoms with E-state index in [0.717, 1.165) is 33.2 Å². The maximum absolute atomic E-state index is 12.0. The molecule has 7 rings (SSSR count). The van der Waals surface area contributed by atoms with Crippen molar-refractivity contribution in [3.63, 3.8) is 0 Å². The molecule has 0 saturated heterocycles. The van der Waals surface area contributed by atoms with Crippen molar-refractivity contribution >= 4 is 59.4 Å². The number of fused-ring (bicyclic) bond motifs is 3. The molecule has 0 aromatic carbocycles. The van der Waals surface area contributed by atoms with E-state index >= 15 is 0 Å². The molecule has 7 aromatic heterocycles. The molecular weight excluding hydrogens is 701 g/mol. The maximum Gasteiger partial charge on any atom is 0.358 e. The van der Waals surface area contributed by atoms with Gasteiger partial charge in [0, 0.05) is 40.5 Å². The lowest BCUT2D eigenvalue weighted by Gasteiger charge is -2.44. The van der Waals surface area contributed by atoms with Crippen LogP contribution in [-0.2, 0) is 9.53 Å². The molecule has 0 saturated carbocycles. The molecule has 6 N–H and O–H groups in total. The van der Waals surface area contributed by atoms with Gasteiger partial charge in [-0.25, -0.2) is 29.7 Å². The minimum atomic E-state index is -1.89. The van der Waals surface area contributed by atoms with Gasteiger partial charge in [0.2, 0.25) is 6.41 Å². The first-order valence-corrected chi connectivity index (χ1v) is 19.3. The van der Waals surface area contributed by atoms with Crippen LogP contribution in [-0.4, -0.2) is 66.8 Å². The third-order valence-electron chi connectivity index (χ3n) is 9.50. The van der Waals surface area contributed by atoms with Gasteiger partial charge in [0.15, 0.2) is 19.4 Å². The summed E-state index contributed by atoms with van der Waals surface area (Å²) in [6, 6.07) is 15.3. The predicted molar refractivity (Wildman–Crippen MR) is 217 cm³/mol. The van der Waals surface area contributed by atoms with E-state index in [0.29, 0.717) is 44.7 Å². The molecule has 15 heteroatoms. The summed E-state index contributed by atoms with van der Waals surface area (Å²) in [5, 5.41) is 2.08. The average Bonchev–Trinajstić information content (AvgIpc) is 3.79.